The number of phenols is 1. The molecule has 0 atom stereocenters. The second kappa shape index (κ2) is 5.07. The molecule has 98 valence electrons. The monoisotopic (exact) mass is 276 g/mol. The minimum absolute atomic E-state index is 0.0619. The zero-order valence-corrected chi connectivity index (χ0v) is 10.9. The minimum Gasteiger partial charge on any atom is -0.508 e. The summed E-state index contributed by atoms with van der Waals surface area (Å²) in [6.45, 7) is 1.66. The Hall–Kier alpha value is -2.41. The van der Waals surface area contributed by atoms with Gasteiger partial charge in [0.2, 0.25) is 0 Å². The molecule has 1 heterocycles. The van der Waals surface area contributed by atoms with Crippen LogP contribution in [0.15, 0.2) is 24.4 Å². The molecule has 0 aliphatic heterocycles. The van der Waals surface area contributed by atoms with E-state index >= 15 is 0 Å². The molecule has 0 aliphatic carbocycles. The van der Waals surface area contributed by atoms with Gasteiger partial charge in [-0.2, -0.15) is 5.10 Å². The van der Waals surface area contributed by atoms with Crippen LogP contribution in [0.2, 0.25) is 0 Å². The second-order valence-electron chi connectivity index (χ2n) is 3.93. The highest BCUT2D eigenvalue weighted by molar-refractivity contribution is 7.80. The number of aromatic amines is 1. The van der Waals surface area contributed by atoms with Crippen molar-refractivity contribution in [3.05, 3.63) is 41.1 Å². The summed E-state index contributed by atoms with van der Waals surface area (Å²) in [5, 5.41) is 18.6. The molecule has 0 bridgehead atoms. The van der Waals surface area contributed by atoms with Crippen molar-refractivity contribution in [2.45, 2.75) is 6.92 Å². The number of hydrogen-bond donors (Lipinski definition) is 4. The van der Waals surface area contributed by atoms with Gasteiger partial charge < -0.3 is 16.2 Å². The van der Waals surface area contributed by atoms with Gasteiger partial charge in [-0.3, -0.25) is 9.89 Å². The SMILES string of the molecule is Cc1c(O)cccc1C(=O)Nc1[nH]ncc1C(N)=S. The predicted molar refractivity (Wildman–Crippen MR) is 75.3 cm³/mol. The fraction of sp³-hybridized carbons (Fsp3) is 0.0833. The Morgan fingerprint density at radius 3 is 2.89 bits per heavy atom. The number of nitrogens with two attached hydrogens (primary N) is 1. The molecule has 0 unspecified atom stereocenters. The molecule has 1 aromatic carbocycles. The van der Waals surface area contributed by atoms with E-state index in [9.17, 15) is 9.90 Å². The summed E-state index contributed by atoms with van der Waals surface area (Å²) in [6, 6.07) is 4.72. The number of rotatable bonds is 3. The van der Waals surface area contributed by atoms with Crippen molar-refractivity contribution in [1.82, 2.24) is 10.2 Å². The standard InChI is InChI=1S/C12H12N4O2S/c1-6-7(3-2-4-9(6)17)12(18)15-11-8(10(13)19)5-14-16-11/h2-5,17H,1H3,(H2,13,19)(H2,14,15,16,18). The van der Waals surface area contributed by atoms with Gasteiger partial charge in [-0.25, -0.2) is 0 Å². The Morgan fingerprint density at radius 1 is 1.47 bits per heavy atom. The smallest absolute Gasteiger partial charge is 0.257 e. The lowest BCUT2D eigenvalue weighted by Crippen LogP contribution is -2.17. The average Bonchev–Trinajstić information content (AvgIpc) is 2.80. The molecule has 0 fully saturated rings. The number of amides is 1. The van der Waals surface area contributed by atoms with E-state index in [-0.39, 0.29) is 16.6 Å². The highest BCUT2D eigenvalue weighted by Crippen LogP contribution is 2.21. The maximum Gasteiger partial charge on any atom is 0.257 e. The first-order valence-electron chi connectivity index (χ1n) is 5.44. The number of carbonyl (C=O) groups excluding carboxylic acids is 1. The lowest BCUT2D eigenvalue weighted by molar-refractivity contribution is 0.102. The molecule has 19 heavy (non-hydrogen) atoms. The van der Waals surface area contributed by atoms with E-state index in [0.29, 0.717) is 22.5 Å². The summed E-state index contributed by atoms with van der Waals surface area (Å²) < 4.78 is 0. The van der Waals surface area contributed by atoms with Gasteiger partial charge in [0, 0.05) is 11.1 Å². The largest absolute Gasteiger partial charge is 0.508 e. The summed E-state index contributed by atoms with van der Waals surface area (Å²) in [7, 11) is 0. The first-order chi connectivity index (χ1) is 9.00. The molecule has 0 saturated heterocycles. The highest BCUT2D eigenvalue weighted by Gasteiger charge is 2.15. The minimum atomic E-state index is -0.379. The van der Waals surface area contributed by atoms with Crippen molar-refractivity contribution in [2.24, 2.45) is 5.73 Å². The van der Waals surface area contributed by atoms with Crippen LogP contribution in [-0.2, 0) is 0 Å². The van der Waals surface area contributed by atoms with E-state index in [2.05, 4.69) is 15.5 Å². The number of nitrogens with one attached hydrogen (secondary N) is 2. The van der Waals surface area contributed by atoms with Gasteiger partial charge in [0.1, 0.15) is 16.6 Å². The summed E-state index contributed by atoms with van der Waals surface area (Å²) in [5.74, 6) is 0.0159. The van der Waals surface area contributed by atoms with Crippen LogP contribution >= 0.6 is 12.2 Å². The highest BCUT2D eigenvalue weighted by atomic mass is 32.1. The van der Waals surface area contributed by atoms with Crippen LogP contribution in [0.3, 0.4) is 0 Å². The summed E-state index contributed by atoms with van der Waals surface area (Å²) in [5.41, 5.74) is 6.83. The summed E-state index contributed by atoms with van der Waals surface area (Å²) in [4.78, 5) is 12.2. The third-order valence-corrected chi connectivity index (χ3v) is 2.91. The molecule has 0 saturated carbocycles. The number of carbonyl (C=O) groups is 1. The molecule has 6 nitrogen and oxygen atoms in total. The van der Waals surface area contributed by atoms with E-state index in [1.54, 1.807) is 19.1 Å². The molecule has 2 rings (SSSR count). The van der Waals surface area contributed by atoms with Crippen molar-refractivity contribution in [3.63, 3.8) is 0 Å². The normalized spacial score (nSPS) is 10.2. The van der Waals surface area contributed by atoms with Crippen molar-refractivity contribution in [1.29, 1.82) is 0 Å². The third kappa shape index (κ3) is 2.55. The lowest BCUT2D eigenvalue weighted by atomic mass is 10.1. The fourth-order valence-corrected chi connectivity index (χ4v) is 1.77. The van der Waals surface area contributed by atoms with Gasteiger partial charge >= 0.3 is 0 Å². The molecule has 0 radical (unpaired) electrons. The van der Waals surface area contributed by atoms with E-state index in [0.717, 1.165) is 0 Å². The van der Waals surface area contributed by atoms with Crippen LogP contribution in [0.4, 0.5) is 5.82 Å². The van der Waals surface area contributed by atoms with E-state index in [1.807, 2.05) is 0 Å². The van der Waals surface area contributed by atoms with Crippen molar-refractivity contribution in [2.75, 3.05) is 5.32 Å². The number of nitrogens with zero attached hydrogens (tertiary/aromatic N) is 1. The van der Waals surface area contributed by atoms with E-state index < -0.39 is 0 Å². The molecule has 1 amide bonds. The molecule has 1 aromatic heterocycles. The van der Waals surface area contributed by atoms with Crippen LogP contribution in [0, 0.1) is 6.92 Å². The number of H-pyrrole nitrogens is 1. The molecular formula is C12H12N4O2S. The Morgan fingerprint density at radius 2 is 2.21 bits per heavy atom. The number of benzene rings is 1. The zero-order valence-electron chi connectivity index (χ0n) is 10.1. The first-order valence-corrected chi connectivity index (χ1v) is 5.84. The quantitative estimate of drug-likeness (QED) is 0.633. The van der Waals surface area contributed by atoms with Crippen LogP contribution in [0.5, 0.6) is 5.75 Å². The number of hydrogen-bond acceptors (Lipinski definition) is 4. The maximum absolute atomic E-state index is 12.1. The fourth-order valence-electron chi connectivity index (χ4n) is 1.62. The molecule has 7 heteroatoms. The maximum atomic E-state index is 12.1. The van der Waals surface area contributed by atoms with E-state index in [4.69, 9.17) is 18.0 Å². The van der Waals surface area contributed by atoms with Crippen LogP contribution in [-0.4, -0.2) is 26.2 Å². The Kier molecular flexibility index (Phi) is 3.48. The van der Waals surface area contributed by atoms with Crippen LogP contribution in [0.25, 0.3) is 0 Å². The molecule has 5 N–H and O–H groups in total. The number of aromatic hydroxyl groups is 1. The van der Waals surface area contributed by atoms with Gasteiger partial charge in [-0.1, -0.05) is 18.3 Å². The lowest BCUT2D eigenvalue weighted by Gasteiger charge is -2.08. The number of thiocarbonyl (C=S) groups is 1. The van der Waals surface area contributed by atoms with E-state index in [1.165, 1.54) is 12.3 Å². The molecule has 0 spiro atoms. The van der Waals surface area contributed by atoms with Gasteiger partial charge in [-0.05, 0) is 19.1 Å². The first kappa shape index (κ1) is 13.0. The third-order valence-electron chi connectivity index (χ3n) is 2.69. The van der Waals surface area contributed by atoms with Gasteiger partial charge in [0.25, 0.3) is 5.91 Å². The average molecular weight is 276 g/mol. The number of anilines is 1. The zero-order chi connectivity index (χ0) is 14.0. The number of aromatic nitrogens is 2. The van der Waals surface area contributed by atoms with Crippen LogP contribution < -0.4 is 11.1 Å². The second-order valence-corrected chi connectivity index (χ2v) is 4.37. The van der Waals surface area contributed by atoms with Crippen molar-refractivity contribution >= 4 is 28.9 Å². The summed E-state index contributed by atoms with van der Waals surface area (Å²) in [6.07, 6.45) is 1.44. The van der Waals surface area contributed by atoms with Gasteiger partial charge in [-0.15, -0.1) is 0 Å². The molecular weight excluding hydrogens is 264 g/mol. The van der Waals surface area contributed by atoms with Crippen LogP contribution in [0.1, 0.15) is 21.5 Å². The number of phenolic OH excluding ortho intramolecular Hbond substituents is 1. The summed E-state index contributed by atoms with van der Waals surface area (Å²) >= 11 is 4.85. The van der Waals surface area contributed by atoms with Crippen molar-refractivity contribution < 1.29 is 9.90 Å². The Balaban J connectivity index is 2.29. The van der Waals surface area contributed by atoms with Gasteiger partial charge in [0.05, 0.1) is 11.8 Å². The Bertz CT molecular complexity index is 651. The Labute approximate surface area is 114 Å². The molecule has 0 aliphatic rings. The van der Waals surface area contributed by atoms with Crippen molar-refractivity contribution in [3.8, 4) is 5.75 Å². The molecule has 2 aromatic rings. The van der Waals surface area contributed by atoms with Gasteiger partial charge in [0.15, 0.2) is 0 Å². The predicted octanol–water partition coefficient (Wildman–Crippen LogP) is 1.31. The topological polar surface area (TPSA) is 104 Å².